The average molecular weight is 410 g/mol. The molecule has 0 aliphatic rings. The molecule has 7 nitrogen and oxygen atoms in total. The fraction of sp³-hybridized carbons (Fsp3) is 0.500. The second-order valence-electron chi connectivity index (χ2n) is 7.10. The summed E-state index contributed by atoms with van der Waals surface area (Å²) in [4.78, 5) is 0. The van der Waals surface area contributed by atoms with E-state index >= 15 is 0 Å². The maximum Gasteiger partial charge on any atom is 0.233 e. The largest absolute Gasteiger partial charge is 0.491 e. The summed E-state index contributed by atoms with van der Waals surface area (Å²) in [5.41, 5.74) is 0.762. The minimum Gasteiger partial charge on any atom is -0.491 e. The van der Waals surface area contributed by atoms with Crippen molar-refractivity contribution in [2.45, 2.75) is 31.9 Å². The third-order valence-corrected chi connectivity index (χ3v) is 4.14. The molecule has 0 spiro atoms. The van der Waals surface area contributed by atoms with Crippen molar-refractivity contribution < 1.29 is 19.3 Å². The Morgan fingerprint density at radius 3 is 2.71 bits per heavy atom. The Morgan fingerprint density at radius 1 is 1.18 bits per heavy atom. The van der Waals surface area contributed by atoms with Crippen molar-refractivity contribution in [2.75, 3.05) is 33.5 Å². The van der Waals surface area contributed by atoms with Gasteiger partial charge < -0.3 is 24.6 Å². The number of ether oxygens (including phenoxy) is 3. The third kappa shape index (κ3) is 8.39. The predicted molar refractivity (Wildman–Crippen MR) is 108 cm³/mol. The normalized spacial score (nSPS) is 12.6. The summed E-state index contributed by atoms with van der Waals surface area (Å²) in [7, 11) is 1.68. The fourth-order valence-electron chi connectivity index (χ4n) is 2.34. The molecular weight excluding hydrogens is 382 g/mol. The van der Waals surface area contributed by atoms with Crippen LogP contribution in [-0.2, 0) is 11.2 Å². The first-order valence-corrected chi connectivity index (χ1v) is 9.51. The summed E-state index contributed by atoms with van der Waals surface area (Å²) < 4.78 is 16.4. The van der Waals surface area contributed by atoms with E-state index in [0.29, 0.717) is 30.8 Å². The van der Waals surface area contributed by atoms with Crippen LogP contribution in [0.2, 0.25) is 5.15 Å². The Morgan fingerprint density at radius 2 is 2.00 bits per heavy atom. The van der Waals surface area contributed by atoms with Gasteiger partial charge in [0.15, 0.2) is 5.15 Å². The van der Waals surface area contributed by atoms with Gasteiger partial charge in [0, 0.05) is 25.3 Å². The molecule has 154 valence electrons. The highest BCUT2D eigenvalue weighted by Crippen LogP contribution is 2.15. The summed E-state index contributed by atoms with van der Waals surface area (Å²) in [5.74, 6) is 1.13. The number of hydrogen-bond donors (Lipinski definition) is 2. The molecule has 0 fully saturated rings. The van der Waals surface area contributed by atoms with Crippen LogP contribution >= 0.6 is 11.6 Å². The van der Waals surface area contributed by atoms with Gasteiger partial charge in [0.1, 0.15) is 25.1 Å². The molecule has 0 saturated carbocycles. The van der Waals surface area contributed by atoms with Gasteiger partial charge >= 0.3 is 0 Å². The SMILES string of the molecule is COCCc1cccc(OCC(O)CNC(C)(C)COc2ccc(Cl)nn2)c1. The van der Waals surface area contributed by atoms with E-state index in [1.54, 1.807) is 19.2 Å². The Kier molecular flexibility index (Phi) is 8.92. The van der Waals surface area contributed by atoms with Crippen LogP contribution in [0.25, 0.3) is 0 Å². The number of rotatable bonds is 12. The van der Waals surface area contributed by atoms with Crippen molar-refractivity contribution in [1.82, 2.24) is 15.5 Å². The number of methoxy groups -OCH3 is 1. The topological polar surface area (TPSA) is 85.7 Å². The van der Waals surface area contributed by atoms with Crippen molar-refractivity contribution in [3.63, 3.8) is 0 Å². The van der Waals surface area contributed by atoms with E-state index in [4.69, 9.17) is 25.8 Å². The van der Waals surface area contributed by atoms with Crippen LogP contribution in [0.15, 0.2) is 36.4 Å². The number of halogens is 1. The number of hydrogen-bond acceptors (Lipinski definition) is 7. The van der Waals surface area contributed by atoms with Gasteiger partial charge in [-0.3, -0.25) is 0 Å². The van der Waals surface area contributed by atoms with E-state index in [1.165, 1.54) is 0 Å². The van der Waals surface area contributed by atoms with Crippen LogP contribution in [0.3, 0.4) is 0 Å². The van der Waals surface area contributed by atoms with Crippen molar-refractivity contribution in [3.05, 3.63) is 47.1 Å². The molecule has 0 bridgehead atoms. The van der Waals surface area contributed by atoms with E-state index < -0.39 is 6.10 Å². The minimum absolute atomic E-state index is 0.195. The molecule has 2 aromatic rings. The smallest absolute Gasteiger partial charge is 0.233 e. The van der Waals surface area contributed by atoms with Crippen molar-refractivity contribution in [2.24, 2.45) is 0 Å². The van der Waals surface area contributed by atoms with Gasteiger partial charge in [-0.25, -0.2) is 0 Å². The first-order chi connectivity index (χ1) is 13.4. The monoisotopic (exact) mass is 409 g/mol. The number of aliphatic hydroxyl groups excluding tert-OH is 1. The molecule has 0 aliphatic carbocycles. The summed E-state index contributed by atoms with van der Waals surface area (Å²) in [6.07, 6.45) is 0.168. The molecule has 1 unspecified atom stereocenters. The molecule has 0 saturated heterocycles. The van der Waals surface area contributed by atoms with E-state index in [0.717, 1.165) is 17.7 Å². The fourth-order valence-corrected chi connectivity index (χ4v) is 2.44. The van der Waals surface area contributed by atoms with Gasteiger partial charge in [0.25, 0.3) is 0 Å². The van der Waals surface area contributed by atoms with Crippen LogP contribution in [0.4, 0.5) is 0 Å². The molecular formula is C20H28ClN3O4. The second-order valence-corrected chi connectivity index (χ2v) is 7.49. The van der Waals surface area contributed by atoms with Crippen LogP contribution in [0.5, 0.6) is 11.6 Å². The second kappa shape index (κ2) is 11.2. The predicted octanol–water partition coefficient (Wildman–Crippen LogP) is 2.51. The number of aliphatic hydroxyl groups is 1. The number of β-amino-alcohol motifs (C(OH)–C–C–N with tert-alkyl or cyclic N) is 1. The summed E-state index contributed by atoms with van der Waals surface area (Å²) >= 11 is 5.70. The highest BCUT2D eigenvalue weighted by atomic mass is 35.5. The van der Waals surface area contributed by atoms with Gasteiger partial charge in [0.2, 0.25) is 5.88 Å². The zero-order valence-electron chi connectivity index (χ0n) is 16.5. The maximum atomic E-state index is 10.2. The van der Waals surface area contributed by atoms with E-state index in [-0.39, 0.29) is 12.1 Å². The standard InChI is InChI=1S/C20H28ClN3O4/c1-20(2,14-28-19-8-7-18(21)23-24-19)22-12-16(25)13-27-17-6-4-5-15(11-17)9-10-26-3/h4-8,11,16,22,25H,9-10,12-14H2,1-3H3. The molecule has 2 N–H and O–H groups in total. The lowest BCUT2D eigenvalue weighted by atomic mass is 10.1. The summed E-state index contributed by atoms with van der Waals surface area (Å²) in [6, 6.07) is 11.1. The average Bonchev–Trinajstić information content (AvgIpc) is 2.69. The van der Waals surface area contributed by atoms with Crippen LogP contribution in [-0.4, -0.2) is 60.4 Å². The zero-order chi connectivity index (χ0) is 20.4. The van der Waals surface area contributed by atoms with Crippen molar-refractivity contribution >= 4 is 11.6 Å². The van der Waals surface area contributed by atoms with Crippen LogP contribution in [0, 0.1) is 0 Å². The number of aromatic nitrogens is 2. The summed E-state index contributed by atoms with van der Waals surface area (Å²) in [5, 5.41) is 21.4. The van der Waals surface area contributed by atoms with Crippen LogP contribution in [0.1, 0.15) is 19.4 Å². The molecule has 0 radical (unpaired) electrons. The minimum atomic E-state index is -0.655. The number of nitrogens with one attached hydrogen (secondary N) is 1. The highest BCUT2D eigenvalue weighted by molar-refractivity contribution is 6.29. The molecule has 1 atom stereocenters. The Bertz CT molecular complexity index is 713. The van der Waals surface area contributed by atoms with Crippen molar-refractivity contribution in [3.8, 4) is 11.6 Å². The zero-order valence-corrected chi connectivity index (χ0v) is 17.3. The molecule has 1 aromatic heterocycles. The molecule has 8 heteroatoms. The van der Waals surface area contributed by atoms with Gasteiger partial charge in [-0.1, -0.05) is 23.7 Å². The lowest BCUT2D eigenvalue weighted by Crippen LogP contribution is -2.48. The van der Waals surface area contributed by atoms with Crippen LogP contribution < -0.4 is 14.8 Å². The molecule has 2 rings (SSSR count). The molecule has 0 amide bonds. The molecule has 1 aromatic carbocycles. The van der Waals surface area contributed by atoms with E-state index in [9.17, 15) is 5.11 Å². The van der Waals surface area contributed by atoms with Gasteiger partial charge in [-0.05, 0) is 44.0 Å². The Labute approximate surface area is 171 Å². The number of benzene rings is 1. The molecule has 0 aliphatic heterocycles. The number of nitrogens with zero attached hydrogens (tertiary/aromatic N) is 2. The summed E-state index contributed by atoms with van der Waals surface area (Å²) in [6.45, 7) is 5.53. The Balaban J connectivity index is 1.71. The first kappa shape index (κ1) is 22.4. The van der Waals surface area contributed by atoms with Gasteiger partial charge in [0.05, 0.1) is 6.61 Å². The Hall–Kier alpha value is -1.93. The first-order valence-electron chi connectivity index (χ1n) is 9.14. The third-order valence-electron chi connectivity index (χ3n) is 3.94. The lowest BCUT2D eigenvalue weighted by Gasteiger charge is -2.27. The quantitative estimate of drug-likeness (QED) is 0.557. The lowest BCUT2D eigenvalue weighted by molar-refractivity contribution is 0.0922. The highest BCUT2D eigenvalue weighted by Gasteiger charge is 2.20. The molecule has 28 heavy (non-hydrogen) atoms. The van der Waals surface area contributed by atoms with E-state index in [1.807, 2.05) is 38.1 Å². The van der Waals surface area contributed by atoms with E-state index in [2.05, 4.69) is 15.5 Å². The van der Waals surface area contributed by atoms with Gasteiger partial charge in [-0.15, -0.1) is 10.2 Å². The maximum absolute atomic E-state index is 10.2. The molecule has 1 heterocycles. The van der Waals surface area contributed by atoms with Gasteiger partial charge in [-0.2, -0.15) is 0 Å². The van der Waals surface area contributed by atoms with Crippen molar-refractivity contribution in [1.29, 1.82) is 0 Å².